The van der Waals surface area contributed by atoms with Gasteiger partial charge < -0.3 is 9.80 Å². The van der Waals surface area contributed by atoms with E-state index >= 15 is 0 Å². The second-order valence-corrected chi connectivity index (χ2v) is 7.85. The number of hydrogen-bond acceptors (Lipinski definition) is 6. The summed E-state index contributed by atoms with van der Waals surface area (Å²) in [6.07, 6.45) is 3.72. The predicted molar refractivity (Wildman–Crippen MR) is 120 cm³/mol. The van der Waals surface area contributed by atoms with E-state index in [9.17, 15) is 19.2 Å². The van der Waals surface area contributed by atoms with Gasteiger partial charge in [0.15, 0.2) is 23.1 Å². The molecule has 6 nitrogen and oxygen atoms in total. The Morgan fingerprint density at radius 1 is 0.667 bits per heavy atom. The topological polar surface area (TPSA) is 74.8 Å². The lowest BCUT2D eigenvalue weighted by molar-refractivity contribution is -0.122. The first kappa shape index (κ1) is 25.3. The zero-order valence-electron chi connectivity index (χ0n) is 18.8. The summed E-state index contributed by atoms with van der Waals surface area (Å²) in [6, 6.07) is 7.04. The summed E-state index contributed by atoms with van der Waals surface area (Å²) in [4.78, 5) is 52.3. The highest BCUT2D eigenvalue weighted by atomic mass is 16.2. The summed E-state index contributed by atoms with van der Waals surface area (Å²) in [7, 11) is 7.49. The first-order chi connectivity index (χ1) is 14.0. The van der Waals surface area contributed by atoms with E-state index in [2.05, 4.69) is 0 Å². The van der Waals surface area contributed by atoms with Crippen LogP contribution in [0.4, 0.5) is 0 Å². The maximum atomic E-state index is 12.4. The smallest absolute Gasteiger partial charge is 0.167 e. The molecule has 0 aliphatic heterocycles. The van der Waals surface area contributed by atoms with Gasteiger partial charge in [0, 0.05) is 25.9 Å². The molecule has 0 aliphatic carbocycles. The molecule has 0 spiro atoms. The summed E-state index contributed by atoms with van der Waals surface area (Å²) in [5, 5.41) is 0. The van der Waals surface area contributed by atoms with Gasteiger partial charge in [-0.05, 0) is 65.3 Å². The quantitative estimate of drug-likeness (QED) is 0.299. The van der Waals surface area contributed by atoms with Crippen molar-refractivity contribution in [3.8, 4) is 0 Å². The van der Waals surface area contributed by atoms with Crippen LogP contribution < -0.4 is 0 Å². The number of carbonyl (C=O) groups excluding carboxylic acids is 4. The van der Waals surface area contributed by atoms with Crippen molar-refractivity contribution < 1.29 is 19.2 Å². The average molecular weight is 413 g/mol. The zero-order valence-corrected chi connectivity index (χ0v) is 18.8. The highest BCUT2D eigenvalue weighted by Gasteiger charge is 2.16. The van der Waals surface area contributed by atoms with Gasteiger partial charge in [0.05, 0.1) is 11.1 Å². The van der Waals surface area contributed by atoms with Crippen molar-refractivity contribution in [2.75, 3.05) is 41.3 Å². The van der Waals surface area contributed by atoms with Crippen LogP contribution in [0.3, 0.4) is 0 Å². The Bertz CT molecular complexity index is 775. The van der Waals surface area contributed by atoms with Crippen LogP contribution in [0, 0.1) is 0 Å². The van der Waals surface area contributed by atoms with Crippen LogP contribution in [-0.2, 0) is 19.2 Å². The van der Waals surface area contributed by atoms with Gasteiger partial charge in [-0.25, -0.2) is 0 Å². The molecule has 0 aromatic heterocycles. The van der Waals surface area contributed by atoms with E-state index in [0.717, 1.165) is 0 Å². The number of Topliss-reactive ketones (excluding diaryl/α,β-unsaturated/α-hetero) is 4. The molecule has 0 saturated carbocycles. The van der Waals surface area contributed by atoms with Gasteiger partial charge >= 0.3 is 0 Å². The highest BCUT2D eigenvalue weighted by Crippen LogP contribution is 2.15. The van der Waals surface area contributed by atoms with Crippen molar-refractivity contribution in [3.05, 3.63) is 46.5 Å². The number of benzene rings is 1. The van der Waals surface area contributed by atoms with Crippen LogP contribution in [0.1, 0.15) is 37.8 Å². The lowest BCUT2D eigenvalue weighted by Crippen LogP contribution is -2.19. The molecule has 162 valence electrons. The molecular formula is C24H32N2O4. The van der Waals surface area contributed by atoms with Crippen LogP contribution in [0.15, 0.2) is 35.4 Å². The zero-order chi connectivity index (χ0) is 22.8. The molecule has 0 bridgehead atoms. The lowest BCUT2D eigenvalue weighted by Gasteiger charge is -2.10. The second-order valence-electron chi connectivity index (χ2n) is 7.85. The number of allylic oxidation sites excluding steroid dienone is 2. The molecule has 1 aromatic carbocycles. The molecule has 1 rings (SSSR count). The minimum absolute atomic E-state index is 0.170. The van der Waals surface area contributed by atoms with Gasteiger partial charge in [-0.2, -0.15) is 0 Å². The summed E-state index contributed by atoms with van der Waals surface area (Å²) in [5.41, 5.74) is 1.75. The van der Waals surface area contributed by atoms with E-state index in [-0.39, 0.29) is 47.1 Å². The molecule has 0 saturated heterocycles. The summed E-state index contributed by atoms with van der Waals surface area (Å²) >= 11 is 0. The van der Waals surface area contributed by atoms with E-state index < -0.39 is 0 Å². The maximum Gasteiger partial charge on any atom is 0.167 e. The molecule has 0 unspecified atom stereocenters. The van der Waals surface area contributed by atoms with Crippen molar-refractivity contribution in [2.24, 2.45) is 0 Å². The van der Waals surface area contributed by atoms with E-state index in [0.29, 0.717) is 24.2 Å². The van der Waals surface area contributed by atoms with Crippen LogP contribution >= 0.6 is 0 Å². The van der Waals surface area contributed by atoms with Gasteiger partial charge in [-0.3, -0.25) is 19.2 Å². The number of ketones is 4. The number of hydrogen-bond donors (Lipinski definition) is 0. The van der Waals surface area contributed by atoms with Crippen LogP contribution in [0.5, 0.6) is 0 Å². The van der Waals surface area contributed by atoms with E-state index in [1.165, 1.54) is 13.8 Å². The lowest BCUT2D eigenvalue weighted by atomic mass is 9.99. The maximum absolute atomic E-state index is 12.4. The fraction of sp³-hybridized carbons (Fsp3) is 0.417. The van der Waals surface area contributed by atoms with Crippen LogP contribution in [0.25, 0.3) is 12.2 Å². The molecular weight excluding hydrogens is 380 g/mol. The Morgan fingerprint density at radius 3 is 1.20 bits per heavy atom. The Hall–Kier alpha value is -2.70. The molecule has 6 heteroatoms. The Kier molecular flexibility index (Phi) is 10.2. The number of nitrogens with zero attached hydrogens (tertiary/aromatic N) is 2. The Morgan fingerprint density at radius 2 is 0.967 bits per heavy atom. The SMILES string of the molecule is CC(=O)/C(=C/c1ccc(/C=C(\C(C)=O)C(=O)CCN(C)C)cc1)C(=O)CCN(C)C. The third-order valence-corrected chi connectivity index (χ3v) is 4.49. The van der Waals surface area contributed by atoms with Gasteiger partial charge in [0.2, 0.25) is 0 Å². The fourth-order valence-electron chi connectivity index (χ4n) is 2.70. The minimum Gasteiger partial charge on any atom is -0.309 e. The Labute approximate surface area is 179 Å². The molecule has 0 N–H and O–H groups in total. The third kappa shape index (κ3) is 8.76. The molecule has 30 heavy (non-hydrogen) atoms. The molecule has 0 heterocycles. The standard InChI is InChI=1S/C24H32N2O4/c1-17(27)21(23(29)11-13-25(3)4)15-19-7-9-20(10-8-19)16-22(18(2)28)24(30)12-14-26(5)6/h7-10,15-16H,11-14H2,1-6H3/b21-15-,22-16+. The van der Waals surface area contributed by atoms with Crippen molar-refractivity contribution in [3.63, 3.8) is 0 Å². The first-order valence-electron chi connectivity index (χ1n) is 9.92. The normalized spacial score (nSPS) is 12.4. The van der Waals surface area contributed by atoms with Gasteiger partial charge in [-0.1, -0.05) is 24.3 Å². The van der Waals surface area contributed by atoms with Crippen molar-refractivity contribution >= 4 is 35.3 Å². The molecule has 0 atom stereocenters. The molecule has 0 aliphatic rings. The third-order valence-electron chi connectivity index (χ3n) is 4.49. The summed E-state index contributed by atoms with van der Waals surface area (Å²) in [5.74, 6) is -0.919. The fourth-order valence-corrected chi connectivity index (χ4v) is 2.70. The molecule has 1 aromatic rings. The minimum atomic E-state index is -0.270. The Balaban J connectivity index is 3.06. The monoisotopic (exact) mass is 412 g/mol. The van der Waals surface area contributed by atoms with Crippen LogP contribution in [0.2, 0.25) is 0 Å². The summed E-state index contributed by atoms with van der Waals surface area (Å²) < 4.78 is 0. The number of rotatable bonds is 12. The van der Waals surface area contributed by atoms with Crippen molar-refractivity contribution in [1.82, 2.24) is 9.80 Å². The van der Waals surface area contributed by atoms with E-state index in [1.807, 2.05) is 38.0 Å². The molecule has 0 radical (unpaired) electrons. The van der Waals surface area contributed by atoms with Gasteiger partial charge in [0.1, 0.15) is 0 Å². The largest absolute Gasteiger partial charge is 0.309 e. The van der Waals surface area contributed by atoms with Crippen molar-refractivity contribution in [1.29, 1.82) is 0 Å². The number of carbonyl (C=O) groups is 4. The molecule has 0 amide bonds. The molecule has 0 fully saturated rings. The van der Waals surface area contributed by atoms with E-state index in [4.69, 9.17) is 0 Å². The van der Waals surface area contributed by atoms with E-state index in [1.54, 1.807) is 36.4 Å². The highest BCUT2D eigenvalue weighted by molar-refractivity contribution is 6.23. The average Bonchev–Trinajstić information content (AvgIpc) is 2.66. The first-order valence-corrected chi connectivity index (χ1v) is 9.92. The predicted octanol–water partition coefficient (Wildman–Crippen LogP) is 2.67. The van der Waals surface area contributed by atoms with Gasteiger partial charge in [-0.15, -0.1) is 0 Å². The summed E-state index contributed by atoms with van der Waals surface area (Å²) in [6.45, 7) is 3.91. The van der Waals surface area contributed by atoms with Gasteiger partial charge in [0.25, 0.3) is 0 Å². The van der Waals surface area contributed by atoms with Crippen molar-refractivity contribution in [2.45, 2.75) is 26.7 Å². The van der Waals surface area contributed by atoms with Crippen LogP contribution in [-0.4, -0.2) is 74.2 Å². The second kappa shape index (κ2) is 12.1.